The van der Waals surface area contributed by atoms with Crippen molar-refractivity contribution in [1.29, 1.82) is 0 Å². The van der Waals surface area contributed by atoms with Gasteiger partial charge in [-0.05, 0) is 63.0 Å². The quantitative estimate of drug-likeness (QED) is 0.836. The van der Waals surface area contributed by atoms with Gasteiger partial charge in [-0.2, -0.15) is 4.31 Å². The monoisotopic (exact) mass is 314 g/mol. The normalized spacial score (nSPS) is 16.8. The first-order valence-corrected chi connectivity index (χ1v) is 8.72. The van der Waals surface area contributed by atoms with Gasteiger partial charge in [0.25, 0.3) is 0 Å². The zero-order valence-electron chi connectivity index (χ0n) is 12.9. The van der Waals surface area contributed by atoms with Crippen LogP contribution in [0.15, 0.2) is 17.0 Å². The number of rotatable bonds is 5. The molecule has 1 aliphatic rings. The van der Waals surface area contributed by atoms with Crippen molar-refractivity contribution in [3.8, 4) is 0 Å². The Kier molecular flexibility index (Phi) is 5.01. The summed E-state index contributed by atoms with van der Waals surface area (Å²) in [6.45, 7) is 6.56. The van der Waals surface area contributed by atoms with Gasteiger partial charge in [-0.15, -0.1) is 0 Å². The largest absolute Gasteiger partial charge is 0.302 e. The summed E-state index contributed by atoms with van der Waals surface area (Å²) in [5.74, 6) is -0.399. The molecule has 1 saturated heterocycles. The van der Waals surface area contributed by atoms with E-state index in [1.54, 1.807) is 20.9 Å². The zero-order chi connectivity index (χ0) is 15.6. The predicted molar refractivity (Wildman–Crippen MR) is 81.4 cm³/mol. The number of nitrogens with zero attached hydrogens (tertiary/aromatic N) is 2. The van der Waals surface area contributed by atoms with E-state index in [9.17, 15) is 12.8 Å². The molecule has 0 N–H and O–H groups in total. The number of benzene rings is 1. The summed E-state index contributed by atoms with van der Waals surface area (Å²) in [6.07, 6.45) is 2.37. The van der Waals surface area contributed by atoms with Gasteiger partial charge in [0.05, 0.1) is 4.90 Å². The number of aryl methyl sites for hydroxylation is 2. The van der Waals surface area contributed by atoms with Gasteiger partial charge >= 0.3 is 0 Å². The van der Waals surface area contributed by atoms with Crippen molar-refractivity contribution in [1.82, 2.24) is 9.21 Å². The minimum atomic E-state index is -3.57. The third kappa shape index (κ3) is 3.62. The lowest BCUT2D eigenvalue weighted by molar-refractivity contribution is 0.310. The molecule has 0 saturated carbocycles. The molecule has 4 nitrogen and oxygen atoms in total. The van der Waals surface area contributed by atoms with Crippen molar-refractivity contribution >= 4 is 10.0 Å². The summed E-state index contributed by atoms with van der Waals surface area (Å²) in [5, 5.41) is 0. The Morgan fingerprint density at radius 3 is 2.24 bits per heavy atom. The highest BCUT2D eigenvalue weighted by Gasteiger charge is 2.26. The Hall–Kier alpha value is -0.980. The standard InChI is InChI=1S/C15H23FN2O2S/c1-12-10-14(16)11-13(2)15(12)21(19,20)17(3)8-9-18-6-4-5-7-18/h10-11H,4-9H2,1-3H3. The zero-order valence-corrected chi connectivity index (χ0v) is 13.7. The summed E-state index contributed by atoms with van der Waals surface area (Å²) in [4.78, 5) is 2.50. The second-order valence-corrected chi connectivity index (χ2v) is 7.73. The Balaban J connectivity index is 2.17. The third-order valence-electron chi connectivity index (χ3n) is 4.02. The summed E-state index contributed by atoms with van der Waals surface area (Å²) in [6, 6.07) is 2.54. The molecule has 118 valence electrons. The fraction of sp³-hybridized carbons (Fsp3) is 0.600. The molecule has 1 aliphatic heterocycles. The lowest BCUT2D eigenvalue weighted by atomic mass is 10.1. The van der Waals surface area contributed by atoms with Crippen LogP contribution >= 0.6 is 0 Å². The maximum atomic E-state index is 13.3. The van der Waals surface area contributed by atoms with Crippen LogP contribution in [0.4, 0.5) is 4.39 Å². The van der Waals surface area contributed by atoms with Gasteiger partial charge in [-0.25, -0.2) is 12.8 Å². The molecule has 21 heavy (non-hydrogen) atoms. The first-order chi connectivity index (χ1) is 9.82. The van der Waals surface area contributed by atoms with Crippen LogP contribution in [-0.4, -0.2) is 50.8 Å². The first-order valence-electron chi connectivity index (χ1n) is 7.28. The van der Waals surface area contributed by atoms with Gasteiger partial charge in [0.1, 0.15) is 5.82 Å². The van der Waals surface area contributed by atoms with Crippen molar-refractivity contribution < 1.29 is 12.8 Å². The lowest BCUT2D eigenvalue weighted by Crippen LogP contribution is -2.35. The maximum Gasteiger partial charge on any atom is 0.243 e. The first kappa shape index (κ1) is 16.4. The van der Waals surface area contributed by atoms with Gasteiger partial charge in [0.2, 0.25) is 10.0 Å². The smallest absolute Gasteiger partial charge is 0.243 e. The van der Waals surface area contributed by atoms with Crippen LogP contribution in [0.3, 0.4) is 0 Å². The summed E-state index contributed by atoms with van der Waals surface area (Å²) >= 11 is 0. The van der Waals surface area contributed by atoms with E-state index in [1.165, 1.54) is 29.3 Å². The molecule has 0 aliphatic carbocycles. The van der Waals surface area contributed by atoms with Crippen molar-refractivity contribution in [2.75, 3.05) is 33.2 Å². The minimum absolute atomic E-state index is 0.229. The Morgan fingerprint density at radius 1 is 1.19 bits per heavy atom. The van der Waals surface area contributed by atoms with E-state index in [4.69, 9.17) is 0 Å². The van der Waals surface area contributed by atoms with E-state index in [1.807, 2.05) is 0 Å². The van der Waals surface area contributed by atoms with E-state index in [2.05, 4.69) is 4.90 Å². The van der Waals surface area contributed by atoms with Crippen LogP contribution in [0, 0.1) is 19.7 Å². The molecule has 0 spiro atoms. The molecule has 1 aromatic rings. The summed E-state index contributed by atoms with van der Waals surface area (Å²) in [5.41, 5.74) is 0.918. The van der Waals surface area contributed by atoms with Crippen molar-refractivity contribution in [2.45, 2.75) is 31.6 Å². The van der Waals surface area contributed by atoms with Crippen molar-refractivity contribution in [3.05, 3.63) is 29.1 Å². The molecule has 0 atom stereocenters. The highest BCUT2D eigenvalue weighted by Crippen LogP contribution is 2.24. The number of likely N-dealkylation sites (tertiary alicyclic amines) is 1. The van der Waals surface area contributed by atoms with E-state index < -0.39 is 15.8 Å². The molecule has 1 fully saturated rings. The molecule has 0 radical (unpaired) electrons. The van der Waals surface area contributed by atoms with Crippen molar-refractivity contribution in [2.24, 2.45) is 0 Å². The molecule has 0 aromatic heterocycles. The highest BCUT2D eigenvalue weighted by molar-refractivity contribution is 7.89. The van der Waals surface area contributed by atoms with Gasteiger partial charge in [0, 0.05) is 20.1 Å². The van der Waals surface area contributed by atoms with Crippen LogP contribution < -0.4 is 0 Å². The van der Waals surface area contributed by atoms with Crippen LogP contribution in [-0.2, 0) is 10.0 Å². The molecule has 6 heteroatoms. The average molecular weight is 314 g/mol. The fourth-order valence-electron chi connectivity index (χ4n) is 2.87. The molecular formula is C15H23FN2O2S. The maximum absolute atomic E-state index is 13.3. The average Bonchev–Trinajstić information content (AvgIpc) is 2.87. The van der Waals surface area contributed by atoms with E-state index in [0.717, 1.165) is 19.6 Å². The second-order valence-electron chi connectivity index (χ2n) is 5.74. The highest BCUT2D eigenvalue weighted by atomic mass is 32.2. The predicted octanol–water partition coefficient (Wildman–Crippen LogP) is 2.16. The molecule has 0 amide bonds. The topological polar surface area (TPSA) is 40.6 Å². The van der Waals surface area contributed by atoms with Crippen LogP contribution in [0.1, 0.15) is 24.0 Å². The molecule has 2 rings (SSSR count). The summed E-state index contributed by atoms with van der Waals surface area (Å²) < 4.78 is 40.1. The molecule has 0 unspecified atom stereocenters. The second kappa shape index (κ2) is 6.42. The molecule has 1 heterocycles. The Morgan fingerprint density at radius 2 is 1.71 bits per heavy atom. The van der Waals surface area contributed by atoms with Crippen molar-refractivity contribution in [3.63, 3.8) is 0 Å². The van der Waals surface area contributed by atoms with Crippen LogP contribution in [0.2, 0.25) is 0 Å². The number of sulfonamides is 1. The van der Waals surface area contributed by atoms with Gasteiger partial charge < -0.3 is 4.90 Å². The SMILES string of the molecule is Cc1cc(F)cc(C)c1S(=O)(=O)N(C)CCN1CCCC1. The Labute approximate surface area is 126 Å². The minimum Gasteiger partial charge on any atom is -0.302 e. The molecule has 0 bridgehead atoms. The van der Waals surface area contributed by atoms with Gasteiger partial charge in [-0.1, -0.05) is 0 Å². The fourth-order valence-corrected chi connectivity index (χ4v) is 4.43. The number of likely N-dealkylation sites (N-methyl/N-ethyl adjacent to an activating group) is 1. The van der Waals surface area contributed by atoms with Gasteiger partial charge in [-0.3, -0.25) is 0 Å². The van der Waals surface area contributed by atoms with E-state index in [0.29, 0.717) is 17.7 Å². The van der Waals surface area contributed by atoms with Gasteiger partial charge in [0.15, 0.2) is 0 Å². The summed E-state index contributed by atoms with van der Waals surface area (Å²) in [7, 11) is -1.98. The molecular weight excluding hydrogens is 291 g/mol. The van der Waals surface area contributed by atoms with Crippen LogP contribution in [0.5, 0.6) is 0 Å². The van der Waals surface area contributed by atoms with E-state index in [-0.39, 0.29) is 4.90 Å². The Bertz CT molecular complexity index is 587. The molecule has 1 aromatic carbocycles. The third-order valence-corrected chi connectivity index (χ3v) is 6.19. The number of halogens is 1. The van der Waals surface area contributed by atoms with E-state index >= 15 is 0 Å². The number of hydrogen-bond donors (Lipinski definition) is 0. The number of hydrogen-bond acceptors (Lipinski definition) is 3. The van der Waals surface area contributed by atoms with Crippen LogP contribution in [0.25, 0.3) is 0 Å². The lowest BCUT2D eigenvalue weighted by Gasteiger charge is -2.23.